The van der Waals surface area contributed by atoms with Crippen LogP contribution in [-0.4, -0.2) is 20.6 Å². The van der Waals surface area contributed by atoms with Crippen LogP contribution in [0.3, 0.4) is 0 Å². The highest BCUT2D eigenvalue weighted by Crippen LogP contribution is 2.09. The van der Waals surface area contributed by atoms with Gasteiger partial charge in [0, 0.05) is 25.4 Å². The highest BCUT2D eigenvalue weighted by Gasteiger charge is 2.06. The second kappa shape index (κ2) is 5.44. The average molecular weight is 248 g/mol. The number of aromatic nitrogens is 2. The largest absolute Gasteiger partial charge is 0.481 e. The second-order valence-electron chi connectivity index (χ2n) is 3.98. The minimum absolute atomic E-state index is 0.0623. The molecule has 0 aliphatic carbocycles. The molecule has 1 aromatic carbocycles. The van der Waals surface area contributed by atoms with E-state index < -0.39 is 5.97 Å². The molecule has 0 atom stereocenters. The van der Waals surface area contributed by atoms with Gasteiger partial charge in [-0.2, -0.15) is 0 Å². The SMILES string of the molecule is O=C(O)CCn1ccnc1Cc1ccc(F)cc1. The number of carboxylic acid groups (broad SMARTS) is 1. The zero-order valence-corrected chi connectivity index (χ0v) is 9.71. The number of rotatable bonds is 5. The summed E-state index contributed by atoms with van der Waals surface area (Å²) in [5, 5.41) is 8.65. The fraction of sp³-hybridized carbons (Fsp3) is 0.231. The van der Waals surface area contributed by atoms with Crippen LogP contribution in [0.5, 0.6) is 0 Å². The van der Waals surface area contributed by atoms with Crippen LogP contribution in [0.1, 0.15) is 17.8 Å². The molecule has 0 fully saturated rings. The lowest BCUT2D eigenvalue weighted by atomic mass is 10.1. The first kappa shape index (κ1) is 12.3. The number of benzene rings is 1. The van der Waals surface area contributed by atoms with Crippen LogP contribution in [0.2, 0.25) is 0 Å². The molecular weight excluding hydrogens is 235 g/mol. The highest BCUT2D eigenvalue weighted by atomic mass is 19.1. The molecule has 0 bridgehead atoms. The first-order chi connectivity index (χ1) is 8.65. The highest BCUT2D eigenvalue weighted by molar-refractivity contribution is 5.66. The summed E-state index contributed by atoms with van der Waals surface area (Å²) in [6, 6.07) is 6.21. The molecule has 2 rings (SSSR count). The fourth-order valence-corrected chi connectivity index (χ4v) is 1.71. The molecule has 0 spiro atoms. The van der Waals surface area contributed by atoms with Crippen LogP contribution < -0.4 is 0 Å². The summed E-state index contributed by atoms with van der Waals surface area (Å²) in [4.78, 5) is 14.7. The van der Waals surface area contributed by atoms with E-state index in [2.05, 4.69) is 4.98 Å². The Labute approximate surface area is 104 Å². The third-order valence-corrected chi connectivity index (χ3v) is 2.64. The van der Waals surface area contributed by atoms with E-state index >= 15 is 0 Å². The Balaban J connectivity index is 2.07. The molecule has 2 aromatic rings. The van der Waals surface area contributed by atoms with Gasteiger partial charge in [-0.1, -0.05) is 12.1 Å². The van der Waals surface area contributed by atoms with Crippen LogP contribution in [0.25, 0.3) is 0 Å². The van der Waals surface area contributed by atoms with Gasteiger partial charge in [-0.25, -0.2) is 9.37 Å². The molecule has 0 radical (unpaired) electrons. The molecule has 1 N–H and O–H groups in total. The van der Waals surface area contributed by atoms with Gasteiger partial charge in [0.1, 0.15) is 11.6 Å². The molecule has 18 heavy (non-hydrogen) atoms. The van der Waals surface area contributed by atoms with Crippen LogP contribution >= 0.6 is 0 Å². The van der Waals surface area contributed by atoms with E-state index in [1.165, 1.54) is 12.1 Å². The summed E-state index contributed by atoms with van der Waals surface area (Å²) in [7, 11) is 0. The minimum atomic E-state index is -0.837. The van der Waals surface area contributed by atoms with E-state index in [-0.39, 0.29) is 12.2 Å². The third-order valence-electron chi connectivity index (χ3n) is 2.64. The lowest BCUT2D eigenvalue weighted by Crippen LogP contribution is -2.08. The van der Waals surface area contributed by atoms with E-state index in [1.807, 2.05) is 0 Å². The molecule has 0 saturated carbocycles. The molecule has 5 heteroatoms. The molecule has 4 nitrogen and oxygen atoms in total. The van der Waals surface area contributed by atoms with Crippen molar-refractivity contribution in [2.75, 3.05) is 0 Å². The number of imidazole rings is 1. The monoisotopic (exact) mass is 248 g/mol. The van der Waals surface area contributed by atoms with Gasteiger partial charge < -0.3 is 9.67 Å². The maximum Gasteiger partial charge on any atom is 0.305 e. The summed E-state index contributed by atoms with van der Waals surface area (Å²) in [5.74, 6) is -0.327. The zero-order valence-electron chi connectivity index (χ0n) is 9.71. The van der Waals surface area contributed by atoms with E-state index in [1.54, 1.807) is 29.1 Å². The third kappa shape index (κ3) is 3.16. The van der Waals surface area contributed by atoms with Crippen molar-refractivity contribution in [1.82, 2.24) is 9.55 Å². The number of hydrogen-bond donors (Lipinski definition) is 1. The number of aryl methyl sites for hydroxylation is 1. The Kier molecular flexibility index (Phi) is 3.72. The molecule has 0 saturated heterocycles. The Morgan fingerprint density at radius 2 is 2.06 bits per heavy atom. The van der Waals surface area contributed by atoms with Gasteiger partial charge in [0.2, 0.25) is 0 Å². The van der Waals surface area contributed by atoms with E-state index in [4.69, 9.17) is 5.11 Å². The summed E-state index contributed by atoms with van der Waals surface area (Å²) in [6.45, 7) is 0.395. The van der Waals surface area contributed by atoms with Crippen molar-refractivity contribution in [3.63, 3.8) is 0 Å². The predicted molar refractivity (Wildman–Crippen MR) is 63.7 cm³/mol. The van der Waals surface area contributed by atoms with Gasteiger partial charge in [0.25, 0.3) is 0 Å². The van der Waals surface area contributed by atoms with Gasteiger partial charge in [-0.05, 0) is 17.7 Å². The van der Waals surface area contributed by atoms with Crippen molar-refractivity contribution < 1.29 is 14.3 Å². The number of hydrogen-bond acceptors (Lipinski definition) is 2. The molecule has 0 amide bonds. The van der Waals surface area contributed by atoms with Crippen molar-refractivity contribution in [2.45, 2.75) is 19.4 Å². The van der Waals surface area contributed by atoms with Gasteiger partial charge in [-0.3, -0.25) is 4.79 Å². The molecular formula is C13H13FN2O2. The summed E-state index contributed by atoms with van der Waals surface area (Å²) < 4.78 is 14.6. The quantitative estimate of drug-likeness (QED) is 0.881. The fourth-order valence-electron chi connectivity index (χ4n) is 1.71. The maximum atomic E-state index is 12.8. The van der Waals surface area contributed by atoms with Crippen LogP contribution in [0.15, 0.2) is 36.7 Å². The molecule has 94 valence electrons. The molecule has 0 unspecified atom stereocenters. The van der Waals surface area contributed by atoms with E-state index in [0.29, 0.717) is 13.0 Å². The standard InChI is InChI=1S/C13H13FN2O2/c14-11-3-1-10(2-4-11)9-12-15-6-8-16(12)7-5-13(17)18/h1-4,6,8H,5,7,9H2,(H,17,18). The number of nitrogens with zero attached hydrogens (tertiary/aromatic N) is 2. The number of carboxylic acids is 1. The smallest absolute Gasteiger partial charge is 0.305 e. The Morgan fingerprint density at radius 3 is 2.72 bits per heavy atom. The molecule has 1 aromatic heterocycles. The van der Waals surface area contributed by atoms with Gasteiger partial charge in [0.05, 0.1) is 6.42 Å². The van der Waals surface area contributed by atoms with E-state index in [0.717, 1.165) is 11.4 Å². The lowest BCUT2D eigenvalue weighted by molar-refractivity contribution is -0.137. The summed E-state index contributed by atoms with van der Waals surface area (Å²) in [5.41, 5.74) is 0.944. The van der Waals surface area contributed by atoms with Crippen molar-refractivity contribution in [3.8, 4) is 0 Å². The Hall–Kier alpha value is -2.17. The Morgan fingerprint density at radius 1 is 1.33 bits per heavy atom. The predicted octanol–water partition coefficient (Wildman–Crippen LogP) is 2.09. The van der Waals surface area contributed by atoms with Crippen LogP contribution in [0.4, 0.5) is 4.39 Å². The number of halogens is 1. The van der Waals surface area contributed by atoms with Crippen LogP contribution in [-0.2, 0) is 17.8 Å². The van der Waals surface area contributed by atoms with Crippen molar-refractivity contribution in [1.29, 1.82) is 0 Å². The molecule has 1 heterocycles. The average Bonchev–Trinajstić information content (AvgIpc) is 2.77. The zero-order chi connectivity index (χ0) is 13.0. The topological polar surface area (TPSA) is 55.1 Å². The van der Waals surface area contributed by atoms with Crippen molar-refractivity contribution >= 4 is 5.97 Å². The van der Waals surface area contributed by atoms with Gasteiger partial charge in [-0.15, -0.1) is 0 Å². The summed E-state index contributed by atoms with van der Waals surface area (Å²) >= 11 is 0. The first-order valence-electron chi connectivity index (χ1n) is 5.61. The van der Waals surface area contributed by atoms with Crippen molar-refractivity contribution in [2.24, 2.45) is 0 Å². The first-order valence-corrected chi connectivity index (χ1v) is 5.61. The maximum absolute atomic E-state index is 12.8. The van der Waals surface area contributed by atoms with Gasteiger partial charge in [0.15, 0.2) is 0 Å². The number of aliphatic carboxylic acids is 1. The molecule has 0 aliphatic heterocycles. The van der Waals surface area contributed by atoms with E-state index in [9.17, 15) is 9.18 Å². The minimum Gasteiger partial charge on any atom is -0.481 e. The second-order valence-corrected chi connectivity index (χ2v) is 3.98. The lowest BCUT2D eigenvalue weighted by Gasteiger charge is -2.06. The van der Waals surface area contributed by atoms with Gasteiger partial charge >= 0.3 is 5.97 Å². The summed E-state index contributed by atoms with van der Waals surface area (Å²) in [6.07, 6.45) is 4.02. The van der Waals surface area contributed by atoms with Crippen molar-refractivity contribution in [3.05, 3.63) is 53.9 Å². The number of carbonyl (C=O) groups is 1. The normalized spacial score (nSPS) is 10.5. The van der Waals surface area contributed by atoms with Crippen LogP contribution in [0, 0.1) is 5.82 Å². The Bertz CT molecular complexity index is 534. The molecule has 0 aliphatic rings.